The van der Waals surface area contributed by atoms with Gasteiger partial charge in [-0.1, -0.05) is 47.6 Å². The van der Waals surface area contributed by atoms with E-state index < -0.39 is 11.0 Å². The highest BCUT2D eigenvalue weighted by Crippen LogP contribution is 2.40. The molecule has 2 N–H and O–H groups in total. The molecule has 0 fully saturated rings. The number of fused-ring (bicyclic) bond motifs is 1. The zero-order chi connectivity index (χ0) is 16.9. The third kappa shape index (κ3) is 2.78. The van der Waals surface area contributed by atoms with E-state index in [4.69, 9.17) is 0 Å². The van der Waals surface area contributed by atoms with Crippen LogP contribution in [-0.2, 0) is 10.8 Å². The second-order valence-electron chi connectivity index (χ2n) is 7.76. The van der Waals surface area contributed by atoms with E-state index in [1.165, 1.54) is 0 Å². The molecule has 1 heterocycles. The van der Waals surface area contributed by atoms with Crippen molar-refractivity contribution in [2.75, 3.05) is 0 Å². The largest absolute Gasteiger partial charge is 0.507 e. The first-order valence-electron chi connectivity index (χ1n) is 7.37. The summed E-state index contributed by atoms with van der Waals surface area (Å²) in [5.74, 6) is -0.158. The molecule has 22 heavy (non-hydrogen) atoms. The van der Waals surface area contributed by atoms with Gasteiger partial charge in [0, 0.05) is 11.5 Å². The number of hydrogen-bond acceptors (Lipinski definition) is 3. The Hall–Kier alpha value is -2.10. The van der Waals surface area contributed by atoms with Crippen molar-refractivity contribution in [2.45, 2.75) is 52.4 Å². The van der Waals surface area contributed by atoms with Crippen molar-refractivity contribution in [2.24, 2.45) is 0 Å². The Morgan fingerprint density at radius 2 is 1.55 bits per heavy atom. The van der Waals surface area contributed by atoms with Gasteiger partial charge in [0.15, 0.2) is 0 Å². The average Bonchev–Trinajstić information content (AvgIpc) is 2.44. The van der Waals surface area contributed by atoms with Crippen LogP contribution in [0.25, 0.3) is 10.9 Å². The van der Waals surface area contributed by atoms with Gasteiger partial charge in [0.25, 0.3) is 5.56 Å². The van der Waals surface area contributed by atoms with Crippen LogP contribution >= 0.6 is 0 Å². The SMILES string of the molecule is CC(C)(C)c1ccc2[nH]c(=O)c(=O)cc(O)c2c1C(C)(C)C. The number of rotatable bonds is 0. The monoisotopic (exact) mass is 301 g/mol. The molecule has 0 radical (unpaired) electrons. The molecular weight excluding hydrogens is 278 g/mol. The van der Waals surface area contributed by atoms with E-state index in [9.17, 15) is 14.7 Å². The maximum atomic E-state index is 11.7. The first-order valence-corrected chi connectivity index (χ1v) is 7.37. The van der Waals surface area contributed by atoms with Crippen LogP contribution in [0, 0.1) is 0 Å². The van der Waals surface area contributed by atoms with Crippen LogP contribution in [0.5, 0.6) is 5.75 Å². The zero-order valence-electron chi connectivity index (χ0n) is 14.0. The first kappa shape index (κ1) is 16.3. The average molecular weight is 301 g/mol. The van der Waals surface area contributed by atoms with Crippen molar-refractivity contribution in [3.63, 3.8) is 0 Å². The van der Waals surface area contributed by atoms with E-state index >= 15 is 0 Å². The summed E-state index contributed by atoms with van der Waals surface area (Å²) in [4.78, 5) is 26.0. The van der Waals surface area contributed by atoms with E-state index in [1.54, 1.807) is 6.07 Å². The predicted octanol–water partition coefficient (Wildman–Crippen LogP) is 3.19. The van der Waals surface area contributed by atoms with Gasteiger partial charge in [-0.3, -0.25) is 9.59 Å². The summed E-state index contributed by atoms with van der Waals surface area (Å²) < 4.78 is 0. The molecule has 0 saturated carbocycles. The number of aromatic hydroxyl groups is 1. The van der Waals surface area contributed by atoms with E-state index in [2.05, 4.69) is 46.5 Å². The molecule has 0 unspecified atom stereocenters. The van der Waals surface area contributed by atoms with Gasteiger partial charge < -0.3 is 10.1 Å². The number of H-pyrrole nitrogens is 1. The van der Waals surface area contributed by atoms with Crippen LogP contribution in [-0.4, -0.2) is 10.1 Å². The predicted molar refractivity (Wildman–Crippen MR) is 89.9 cm³/mol. The fraction of sp³-hybridized carbons (Fsp3) is 0.444. The normalized spacial score (nSPS) is 12.6. The molecule has 0 atom stereocenters. The van der Waals surface area contributed by atoms with Crippen molar-refractivity contribution in [3.8, 4) is 5.75 Å². The van der Waals surface area contributed by atoms with E-state index in [1.807, 2.05) is 6.07 Å². The summed E-state index contributed by atoms with van der Waals surface area (Å²) >= 11 is 0. The maximum Gasteiger partial charge on any atom is 0.296 e. The summed E-state index contributed by atoms with van der Waals surface area (Å²) in [6.07, 6.45) is 0. The molecule has 0 aliphatic carbocycles. The Morgan fingerprint density at radius 3 is 2.05 bits per heavy atom. The zero-order valence-corrected chi connectivity index (χ0v) is 14.0. The number of hydrogen-bond donors (Lipinski definition) is 2. The van der Waals surface area contributed by atoms with Crippen molar-refractivity contribution >= 4 is 10.9 Å². The summed E-state index contributed by atoms with van der Waals surface area (Å²) in [7, 11) is 0. The van der Waals surface area contributed by atoms with Crippen LogP contribution in [0.15, 0.2) is 27.8 Å². The molecule has 0 aliphatic rings. The summed E-state index contributed by atoms with van der Waals surface area (Å²) in [6, 6.07) is 4.72. The minimum atomic E-state index is -0.745. The van der Waals surface area contributed by atoms with Crippen LogP contribution in [0.2, 0.25) is 0 Å². The lowest BCUT2D eigenvalue weighted by molar-refractivity contribution is 0.477. The number of aromatic amines is 1. The number of benzene rings is 1. The Labute approximate surface area is 129 Å². The second-order valence-corrected chi connectivity index (χ2v) is 7.76. The Morgan fingerprint density at radius 1 is 0.955 bits per heavy atom. The van der Waals surface area contributed by atoms with E-state index in [-0.39, 0.29) is 16.6 Å². The minimum absolute atomic E-state index is 0.127. The molecule has 4 heteroatoms. The van der Waals surface area contributed by atoms with Crippen molar-refractivity contribution in [1.82, 2.24) is 4.98 Å². The summed E-state index contributed by atoms with van der Waals surface area (Å²) in [6.45, 7) is 12.5. The summed E-state index contributed by atoms with van der Waals surface area (Å²) in [5, 5.41) is 11.0. The quantitative estimate of drug-likeness (QED) is 0.734. The fourth-order valence-corrected chi connectivity index (χ4v) is 2.82. The molecule has 1 aromatic heterocycles. The third-order valence-corrected chi connectivity index (χ3v) is 3.76. The molecular formula is C18H23NO3. The number of aromatic nitrogens is 1. The van der Waals surface area contributed by atoms with E-state index in [0.29, 0.717) is 10.9 Å². The van der Waals surface area contributed by atoms with Gasteiger partial charge in [-0.25, -0.2) is 0 Å². The van der Waals surface area contributed by atoms with Crippen molar-refractivity contribution < 1.29 is 5.11 Å². The molecule has 2 aromatic rings. The Bertz CT molecular complexity index is 849. The van der Waals surface area contributed by atoms with Gasteiger partial charge in [-0.05, 0) is 28.0 Å². The van der Waals surface area contributed by atoms with Gasteiger partial charge in [0.1, 0.15) is 5.75 Å². The third-order valence-electron chi connectivity index (χ3n) is 3.76. The molecule has 0 bridgehead atoms. The lowest BCUT2D eigenvalue weighted by Crippen LogP contribution is -2.23. The minimum Gasteiger partial charge on any atom is -0.507 e. The molecule has 1 aromatic carbocycles. The Balaban J connectivity index is 3.17. The fourth-order valence-electron chi connectivity index (χ4n) is 2.82. The lowest BCUT2D eigenvalue weighted by Gasteiger charge is -2.31. The van der Waals surface area contributed by atoms with Gasteiger partial charge in [0.2, 0.25) is 5.43 Å². The molecule has 2 rings (SSSR count). The van der Waals surface area contributed by atoms with Gasteiger partial charge in [0.05, 0.1) is 5.52 Å². The van der Waals surface area contributed by atoms with Gasteiger partial charge >= 0.3 is 0 Å². The molecule has 0 saturated heterocycles. The van der Waals surface area contributed by atoms with Crippen molar-refractivity contribution in [3.05, 3.63) is 49.9 Å². The van der Waals surface area contributed by atoms with Crippen molar-refractivity contribution in [1.29, 1.82) is 0 Å². The second kappa shape index (κ2) is 4.97. The highest BCUT2D eigenvalue weighted by molar-refractivity contribution is 5.89. The topological polar surface area (TPSA) is 70.2 Å². The molecule has 0 spiro atoms. The van der Waals surface area contributed by atoms with Gasteiger partial charge in [-0.15, -0.1) is 0 Å². The van der Waals surface area contributed by atoms with Crippen LogP contribution < -0.4 is 11.0 Å². The van der Waals surface area contributed by atoms with Crippen LogP contribution in [0.1, 0.15) is 52.7 Å². The van der Waals surface area contributed by atoms with E-state index in [0.717, 1.165) is 17.2 Å². The first-order chi connectivity index (χ1) is 9.93. The van der Waals surface area contributed by atoms with Crippen LogP contribution in [0.3, 0.4) is 0 Å². The highest BCUT2D eigenvalue weighted by atomic mass is 16.3. The number of nitrogens with one attached hydrogen (secondary N) is 1. The Kier molecular flexibility index (Phi) is 3.68. The molecule has 118 valence electrons. The molecule has 4 nitrogen and oxygen atoms in total. The summed E-state index contributed by atoms with van der Waals surface area (Å²) in [5.41, 5.74) is 0.650. The van der Waals surface area contributed by atoms with Gasteiger partial charge in [-0.2, -0.15) is 0 Å². The highest BCUT2D eigenvalue weighted by Gasteiger charge is 2.28. The molecule has 0 amide bonds. The standard InChI is InChI=1S/C18H23NO3/c1-17(2,3)10-7-8-11-14(15(10)18(4,5)6)12(20)9-13(21)16(22)19-11/h7-9,20H,1-6H3,(H,19,21,22). The smallest absolute Gasteiger partial charge is 0.296 e. The lowest BCUT2D eigenvalue weighted by atomic mass is 9.73. The maximum absolute atomic E-state index is 11.7. The van der Waals surface area contributed by atoms with Crippen LogP contribution in [0.4, 0.5) is 0 Å². The molecule has 0 aliphatic heterocycles.